The van der Waals surface area contributed by atoms with Gasteiger partial charge in [-0.3, -0.25) is 15.0 Å². The van der Waals surface area contributed by atoms with Gasteiger partial charge in [-0.15, -0.1) is 0 Å². The summed E-state index contributed by atoms with van der Waals surface area (Å²) in [6, 6.07) is 10.5. The maximum absolute atomic E-state index is 12.9. The van der Waals surface area contributed by atoms with Crippen LogP contribution in [0.2, 0.25) is 0 Å². The lowest BCUT2D eigenvalue weighted by atomic mass is 10.1. The van der Waals surface area contributed by atoms with Crippen molar-refractivity contribution >= 4 is 23.6 Å². The van der Waals surface area contributed by atoms with Crippen LogP contribution < -0.4 is 10.4 Å². The largest absolute Gasteiger partial charge is 0.282 e. The summed E-state index contributed by atoms with van der Waals surface area (Å²) in [5.41, 5.74) is 3.21. The van der Waals surface area contributed by atoms with E-state index in [4.69, 9.17) is 0 Å². The second kappa shape index (κ2) is 5.40. The maximum atomic E-state index is 12.9. The smallest absolute Gasteiger partial charge is 0.267 e. The molecule has 110 valence electrons. The minimum absolute atomic E-state index is 0.0732. The Hall–Kier alpha value is -3.02. The average Bonchev–Trinajstić information content (AvgIpc) is 2.78. The van der Waals surface area contributed by atoms with E-state index < -0.39 is 23.4 Å². The number of carbonyl (C=O) groups is 2. The van der Waals surface area contributed by atoms with Crippen LogP contribution in [0.4, 0.5) is 14.5 Å². The van der Waals surface area contributed by atoms with Gasteiger partial charge in [-0.05, 0) is 48.0 Å². The number of amides is 2. The van der Waals surface area contributed by atoms with Crippen molar-refractivity contribution in [3.63, 3.8) is 0 Å². The maximum Gasteiger partial charge on any atom is 0.282 e. The van der Waals surface area contributed by atoms with Crippen LogP contribution in [-0.2, 0) is 9.59 Å². The molecule has 2 aromatic carbocycles. The Labute approximate surface area is 124 Å². The quantitative estimate of drug-likeness (QED) is 0.684. The number of nitrogens with one attached hydrogen (secondary N) is 1. The van der Waals surface area contributed by atoms with Crippen molar-refractivity contribution in [3.05, 3.63) is 71.3 Å². The summed E-state index contributed by atoms with van der Waals surface area (Å²) < 4.78 is 25.8. The predicted octanol–water partition coefficient (Wildman–Crippen LogP) is 2.43. The Bertz CT molecular complexity index is 768. The van der Waals surface area contributed by atoms with Crippen molar-refractivity contribution in [2.75, 3.05) is 5.01 Å². The highest BCUT2D eigenvalue weighted by molar-refractivity contribution is 6.31. The lowest BCUT2D eigenvalue weighted by Crippen LogP contribution is -2.35. The third-order valence-corrected chi connectivity index (χ3v) is 3.16. The van der Waals surface area contributed by atoms with Crippen molar-refractivity contribution in [2.24, 2.45) is 0 Å². The van der Waals surface area contributed by atoms with Crippen LogP contribution in [0.5, 0.6) is 0 Å². The Morgan fingerprint density at radius 3 is 2.00 bits per heavy atom. The van der Waals surface area contributed by atoms with Crippen LogP contribution in [0.15, 0.2) is 54.1 Å². The standard InChI is InChI=1S/C16H10F2N2O2/c17-11-3-1-10(2-4-11)9-14-15(21)19-20(16(14)22)13-7-5-12(18)6-8-13/h1-9H,(H,19,21). The molecule has 0 aromatic heterocycles. The van der Waals surface area contributed by atoms with Crippen molar-refractivity contribution in [1.82, 2.24) is 5.43 Å². The second-order valence-corrected chi connectivity index (χ2v) is 4.67. The van der Waals surface area contributed by atoms with Gasteiger partial charge in [-0.1, -0.05) is 12.1 Å². The van der Waals surface area contributed by atoms with Crippen molar-refractivity contribution in [2.45, 2.75) is 0 Å². The molecular weight excluding hydrogens is 290 g/mol. The molecule has 0 bridgehead atoms. The summed E-state index contributed by atoms with van der Waals surface area (Å²) in [4.78, 5) is 24.2. The second-order valence-electron chi connectivity index (χ2n) is 4.67. The predicted molar refractivity (Wildman–Crippen MR) is 76.4 cm³/mol. The molecule has 0 atom stereocenters. The fourth-order valence-electron chi connectivity index (χ4n) is 2.06. The van der Waals surface area contributed by atoms with Gasteiger partial charge in [-0.2, -0.15) is 0 Å². The molecular formula is C16H10F2N2O2. The van der Waals surface area contributed by atoms with E-state index in [1.807, 2.05) is 0 Å². The molecule has 0 unspecified atom stereocenters. The SMILES string of the molecule is O=C1NN(c2ccc(F)cc2)C(=O)C1=Cc1ccc(F)cc1. The van der Waals surface area contributed by atoms with Crippen LogP contribution in [0.3, 0.4) is 0 Å². The van der Waals surface area contributed by atoms with Crippen LogP contribution in [-0.4, -0.2) is 11.8 Å². The molecule has 2 aromatic rings. The first kappa shape index (κ1) is 13.9. The van der Waals surface area contributed by atoms with E-state index in [2.05, 4.69) is 5.43 Å². The van der Waals surface area contributed by atoms with Crippen molar-refractivity contribution < 1.29 is 18.4 Å². The molecule has 1 saturated heterocycles. The summed E-state index contributed by atoms with van der Waals surface area (Å²) in [5, 5.41) is 1.04. The van der Waals surface area contributed by atoms with Crippen LogP contribution >= 0.6 is 0 Å². The normalized spacial score (nSPS) is 16.3. The number of halogens is 2. The molecule has 2 amide bonds. The first-order chi connectivity index (χ1) is 10.5. The number of rotatable bonds is 2. The monoisotopic (exact) mass is 300 g/mol. The highest BCUT2D eigenvalue weighted by atomic mass is 19.1. The number of carbonyl (C=O) groups excluding carboxylic acids is 2. The zero-order valence-corrected chi connectivity index (χ0v) is 11.2. The lowest BCUT2D eigenvalue weighted by molar-refractivity contribution is -0.117. The van der Waals surface area contributed by atoms with Gasteiger partial charge in [0.15, 0.2) is 0 Å². The summed E-state index contributed by atoms with van der Waals surface area (Å²) in [6.45, 7) is 0. The molecule has 1 heterocycles. The molecule has 4 nitrogen and oxygen atoms in total. The number of hydrogen-bond donors (Lipinski definition) is 1. The molecule has 0 radical (unpaired) electrons. The lowest BCUT2D eigenvalue weighted by Gasteiger charge is -2.14. The summed E-state index contributed by atoms with van der Waals surface area (Å²) in [6.07, 6.45) is 1.38. The van der Waals surface area contributed by atoms with Gasteiger partial charge < -0.3 is 0 Å². The summed E-state index contributed by atoms with van der Waals surface area (Å²) in [5.74, 6) is -1.97. The van der Waals surface area contributed by atoms with E-state index in [-0.39, 0.29) is 5.57 Å². The van der Waals surface area contributed by atoms with Crippen LogP contribution in [0.25, 0.3) is 6.08 Å². The topological polar surface area (TPSA) is 49.4 Å². The average molecular weight is 300 g/mol. The van der Waals surface area contributed by atoms with Gasteiger partial charge in [-0.25, -0.2) is 13.8 Å². The summed E-state index contributed by atoms with van der Waals surface area (Å²) in [7, 11) is 0. The van der Waals surface area contributed by atoms with Crippen molar-refractivity contribution in [3.8, 4) is 0 Å². The van der Waals surface area contributed by atoms with Gasteiger partial charge in [0.05, 0.1) is 5.69 Å². The van der Waals surface area contributed by atoms with E-state index in [9.17, 15) is 18.4 Å². The van der Waals surface area contributed by atoms with Gasteiger partial charge >= 0.3 is 0 Å². The Balaban J connectivity index is 1.91. The molecule has 22 heavy (non-hydrogen) atoms. The highest BCUT2D eigenvalue weighted by Gasteiger charge is 2.34. The van der Waals surface area contributed by atoms with Crippen molar-refractivity contribution in [1.29, 1.82) is 0 Å². The number of nitrogens with zero attached hydrogens (tertiary/aromatic N) is 1. The number of benzene rings is 2. The molecule has 0 aliphatic carbocycles. The fraction of sp³-hybridized carbons (Fsp3) is 0. The minimum Gasteiger partial charge on any atom is -0.267 e. The van der Waals surface area contributed by atoms with Crippen LogP contribution in [0.1, 0.15) is 5.56 Å². The number of hydrazine groups is 1. The Morgan fingerprint density at radius 2 is 1.41 bits per heavy atom. The molecule has 1 aliphatic rings. The fourth-order valence-corrected chi connectivity index (χ4v) is 2.06. The van der Waals surface area contributed by atoms with Gasteiger partial charge in [0.25, 0.3) is 11.8 Å². The zero-order valence-electron chi connectivity index (χ0n) is 11.2. The molecule has 3 rings (SSSR count). The highest BCUT2D eigenvalue weighted by Crippen LogP contribution is 2.21. The molecule has 1 aliphatic heterocycles. The van der Waals surface area contributed by atoms with Gasteiger partial charge in [0, 0.05) is 0 Å². The molecule has 1 fully saturated rings. The van der Waals surface area contributed by atoms with Gasteiger partial charge in [0.1, 0.15) is 17.2 Å². The number of anilines is 1. The van der Waals surface area contributed by atoms with E-state index in [1.165, 1.54) is 54.6 Å². The first-order valence-corrected chi connectivity index (χ1v) is 6.43. The minimum atomic E-state index is -0.571. The third-order valence-electron chi connectivity index (χ3n) is 3.16. The Kier molecular flexibility index (Phi) is 3.42. The number of hydrogen-bond acceptors (Lipinski definition) is 2. The molecule has 6 heteroatoms. The molecule has 1 N–H and O–H groups in total. The zero-order chi connectivity index (χ0) is 15.7. The first-order valence-electron chi connectivity index (χ1n) is 6.43. The van der Waals surface area contributed by atoms with E-state index in [0.717, 1.165) is 5.01 Å². The van der Waals surface area contributed by atoms with E-state index in [0.29, 0.717) is 11.3 Å². The van der Waals surface area contributed by atoms with E-state index >= 15 is 0 Å². The molecule has 0 saturated carbocycles. The summed E-state index contributed by atoms with van der Waals surface area (Å²) >= 11 is 0. The van der Waals surface area contributed by atoms with E-state index in [1.54, 1.807) is 0 Å². The molecule has 0 spiro atoms. The third kappa shape index (κ3) is 2.58. The van der Waals surface area contributed by atoms with Gasteiger partial charge in [0.2, 0.25) is 0 Å². The van der Waals surface area contributed by atoms with Crippen LogP contribution in [0, 0.1) is 11.6 Å². The Morgan fingerprint density at radius 1 is 0.864 bits per heavy atom.